The fourth-order valence-electron chi connectivity index (χ4n) is 1.81. The van der Waals surface area contributed by atoms with Crippen LogP contribution in [-0.2, 0) is 0 Å². The molecule has 0 radical (unpaired) electrons. The van der Waals surface area contributed by atoms with Gasteiger partial charge in [-0.2, -0.15) is 0 Å². The lowest BCUT2D eigenvalue weighted by Crippen LogP contribution is -2.57. The quantitative estimate of drug-likeness (QED) is 0.794. The zero-order valence-electron chi connectivity index (χ0n) is 11.2. The number of ether oxygens (including phenoxy) is 1. The van der Waals surface area contributed by atoms with Gasteiger partial charge >= 0.3 is 0 Å². The van der Waals surface area contributed by atoms with Crippen LogP contribution < -0.4 is 9.64 Å². The SMILES string of the molecule is CC.COc1cc(N2CC(C)(F)C2)cnc1C. The summed E-state index contributed by atoms with van der Waals surface area (Å²) in [5.74, 6) is 0.750. The van der Waals surface area contributed by atoms with Gasteiger partial charge in [0.2, 0.25) is 0 Å². The molecular weight excluding hydrogens is 219 g/mol. The summed E-state index contributed by atoms with van der Waals surface area (Å²) in [7, 11) is 1.61. The second-order valence-corrected chi connectivity index (χ2v) is 4.25. The predicted molar refractivity (Wildman–Crippen MR) is 68.6 cm³/mol. The molecule has 0 saturated carbocycles. The van der Waals surface area contributed by atoms with E-state index < -0.39 is 5.67 Å². The van der Waals surface area contributed by atoms with Gasteiger partial charge in [-0.3, -0.25) is 4.98 Å². The Hall–Kier alpha value is -1.32. The molecule has 96 valence electrons. The molecule has 0 unspecified atom stereocenters. The number of aromatic nitrogens is 1. The van der Waals surface area contributed by atoms with Crippen molar-refractivity contribution in [1.29, 1.82) is 0 Å². The van der Waals surface area contributed by atoms with Crippen LogP contribution in [0.4, 0.5) is 10.1 Å². The molecule has 0 bridgehead atoms. The summed E-state index contributed by atoms with van der Waals surface area (Å²) >= 11 is 0. The largest absolute Gasteiger partial charge is 0.495 e. The highest BCUT2D eigenvalue weighted by atomic mass is 19.1. The van der Waals surface area contributed by atoms with E-state index in [1.54, 1.807) is 20.2 Å². The maximum Gasteiger partial charge on any atom is 0.142 e. The van der Waals surface area contributed by atoms with Crippen molar-refractivity contribution in [2.75, 3.05) is 25.1 Å². The molecule has 2 heterocycles. The van der Waals surface area contributed by atoms with Gasteiger partial charge in [-0.25, -0.2) is 4.39 Å². The van der Waals surface area contributed by atoms with E-state index in [0.29, 0.717) is 13.1 Å². The maximum atomic E-state index is 13.3. The Bertz CT molecular complexity index is 372. The van der Waals surface area contributed by atoms with Gasteiger partial charge in [0.25, 0.3) is 0 Å². The summed E-state index contributed by atoms with van der Waals surface area (Å²) in [6.45, 7) is 8.36. The number of hydrogen-bond acceptors (Lipinski definition) is 3. The first kappa shape index (κ1) is 13.7. The van der Waals surface area contributed by atoms with Crippen LogP contribution in [0.1, 0.15) is 26.5 Å². The molecule has 1 aromatic rings. The normalized spacial score (nSPS) is 16.7. The van der Waals surface area contributed by atoms with Crippen LogP contribution in [0.2, 0.25) is 0 Å². The molecular formula is C13H21FN2O. The highest BCUT2D eigenvalue weighted by Crippen LogP contribution is 2.32. The minimum Gasteiger partial charge on any atom is -0.495 e. The number of alkyl halides is 1. The lowest BCUT2D eigenvalue weighted by atomic mass is 9.98. The smallest absolute Gasteiger partial charge is 0.142 e. The lowest BCUT2D eigenvalue weighted by Gasteiger charge is -2.43. The van der Waals surface area contributed by atoms with Crippen molar-refractivity contribution in [1.82, 2.24) is 4.98 Å². The number of hydrogen-bond donors (Lipinski definition) is 0. The van der Waals surface area contributed by atoms with Crippen LogP contribution in [0.25, 0.3) is 0 Å². The monoisotopic (exact) mass is 240 g/mol. The standard InChI is InChI=1S/C11H15FN2O.C2H6/c1-8-10(15-3)4-9(5-13-8)14-6-11(2,12)7-14;1-2/h4-5H,6-7H2,1-3H3;1-2H3. The highest BCUT2D eigenvalue weighted by Gasteiger charge is 2.39. The Morgan fingerprint density at radius 3 is 2.47 bits per heavy atom. The topological polar surface area (TPSA) is 25.4 Å². The number of aryl methyl sites for hydroxylation is 1. The minimum absolute atomic E-state index is 0.431. The van der Waals surface area contributed by atoms with E-state index in [1.807, 2.05) is 31.7 Å². The molecule has 0 aliphatic carbocycles. The predicted octanol–water partition coefficient (Wildman–Crippen LogP) is 2.97. The first-order valence-corrected chi connectivity index (χ1v) is 5.96. The molecule has 1 aliphatic rings. The summed E-state index contributed by atoms with van der Waals surface area (Å²) in [6.07, 6.45) is 1.76. The van der Waals surface area contributed by atoms with Crippen molar-refractivity contribution in [3.8, 4) is 5.75 Å². The molecule has 1 saturated heterocycles. The number of rotatable bonds is 2. The molecule has 17 heavy (non-hydrogen) atoms. The molecule has 1 fully saturated rings. The van der Waals surface area contributed by atoms with Crippen molar-refractivity contribution in [2.45, 2.75) is 33.4 Å². The van der Waals surface area contributed by atoms with Crippen molar-refractivity contribution in [3.05, 3.63) is 18.0 Å². The van der Waals surface area contributed by atoms with E-state index in [0.717, 1.165) is 17.1 Å². The zero-order chi connectivity index (χ0) is 13.1. The molecule has 0 amide bonds. The first-order valence-electron chi connectivity index (χ1n) is 5.96. The summed E-state index contributed by atoms with van der Waals surface area (Å²) in [6, 6.07) is 1.90. The third kappa shape index (κ3) is 3.08. The van der Waals surface area contributed by atoms with Crippen molar-refractivity contribution in [2.24, 2.45) is 0 Å². The Labute approximate surface area is 103 Å². The minimum atomic E-state index is -1.06. The second kappa shape index (κ2) is 5.34. The Morgan fingerprint density at radius 1 is 1.41 bits per heavy atom. The number of nitrogens with zero attached hydrogens (tertiary/aromatic N) is 2. The van der Waals surface area contributed by atoms with Gasteiger partial charge in [0, 0.05) is 6.07 Å². The Balaban J connectivity index is 0.000000686. The molecule has 1 aromatic heterocycles. The van der Waals surface area contributed by atoms with E-state index in [4.69, 9.17) is 4.74 Å². The van der Waals surface area contributed by atoms with Crippen molar-refractivity contribution in [3.63, 3.8) is 0 Å². The van der Waals surface area contributed by atoms with Gasteiger partial charge < -0.3 is 9.64 Å². The molecule has 2 rings (SSSR count). The number of methoxy groups -OCH3 is 1. The summed E-state index contributed by atoms with van der Waals surface area (Å²) in [5, 5.41) is 0. The zero-order valence-corrected chi connectivity index (χ0v) is 11.2. The van der Waals surface area contributed by atoms with Gasteiger partial charge in [0.15, 0.2) is 0 Å². The van der Waals surface area contributed by atoms with E-state index in [-0.39, 0.29) is 0 Å². The highest BCUT2D eigenvalue weighted by molar-refractivity contribution is 5.53. The lowest BCUT2D eigenvalue weighted by molar-refractivity contribution is 0.144. The van der Waals surface area contributed by atoms with Gasteiger partial charge in [0.05, 0.1) is 37.8 Å². The van der Waals surface area contributed by atoms with E-state index in [1.165, 1.54) is 0 Å². The summed E-state index contributed by atoms with van der Waals surface area (Å²) < 4.78 is 18.5. The van der Waals surface area contributed by atoms with Crippen LogP contribution in [0.3, 0.4) is 0 Å². The van der Waals surface area contributed by atoms with Gasteiger partial charge in [-0.15, -0.1) is 0 Å². The van der Waals surface area contributed by atoms with Crippen LogP contribution in [0.15, 0.2) is 12.3 Å². The molecule has 0 aromatic carbocycles. The van der Waals surface area contributed by atoms with E-state index in [2.05, 4.69) is 4.98 Å². The van der Waals surface area contributed by atoms with Crippen molar-refractivity contribution >= 4 is 5.69 Å². The molecule has 1 aliphatic heterocycles. The van der Waals surface area contributed by atoms with Crippen LogP contribution in [0, 0.1) is 6.92 Å². The van der Waals surface area contributed by atoms with Gasteiger partial charge in [0.1, 0.15) is 11.4 Å². The Kier molecular flexibility index (Phi) is 4.32. The van der Waals surface area contributed by atoms with Crippen LogP contribution in [0.5, 0.6) is 5.75 Å². The van der Waals surface area contributed by atoms with Crippen LogP contribution in [-0.4, -0.2) is 30.9 Å². The Morgan fingerprint density at radius 2 is 2.00 bits per heavy atom. The van der Waals surface area contributed by atoms with E-state index >= 15 is 0 Å². The fraction of sp³-hybridized carbons (Fsp3) is 0.615. The number of halogens is 1. The molecule has 0 N–H and O–H groups in total. The maximum absolute atomic E-state index is 13.3. The summed E-state index contributed by atoms with van der Waals surface area (Å²) in [4.78, 5) is 6.16. The first-order chi connectivity index (χ1) is 8.02. The van der Waals surface area contributed by atoms with Gasteiger partial charge in [-0.05, 0) is 13.8 Å². The number of pyridine rings is 1. The average Bonchev–Trinajstić information content (AvgIpc) is 2.29. The van der Waals surface area contributed by atoms with Gasteiger partial charge in [-0.1, -0.05) is 13.8 Å². The molecule has 0 atom stereocenters. The fourth-order valence-corrected chi connectivity index (χ4v) is 1.81. The van der Waals surface area contributed by atoms with Crippen LogP contribution >= 0.6 is 0 Å². The van der Waals surface area contributed by atoms with E-state index in [9.17, 15) is 4.39 Å². The third-order valence-electron chi connectivity index (χ3n) is 2.65. The average molecular weight is 240 g/mol. The third-order valence-corrected chi connectivity index (χ3v) is 2.65. The summed E-state index contributed by atoms with van der Waals surface area (Å²) in [5.41, 5.74) is 0.718. The van der Waals surface area contributed by atoms with Crippen molar-refractivity contribution < 1.29 is 9.13 Å². The molecule has 3 nitrogen and oxygen atoms in total. The number of anilines is 1. The molecule has 4 heteroatoms. The second-order valence-electron chi connectivity index (χ2n) is 4.25. The molecule has 0 spiro atoms.